The summed E-state index contributed by atoms with van der Waals surface area (Å²) in [5.74, 6) is 1.71. The van der Waals surface area contributed by atoms with Crippen LogP contribution in [0.3, 0.4) is 0 Å². The summed E-state index contributed by atoms with van der Waals surface area (Å²) in [6, 6.07) is 10.6. The van der Waals surface area contributed by atoms with Gasteiger partial charge < -0.3 is 4.74 Å². The summed E-state index contributed by atoms with van der Waals surface area (Å²) in [5.41, 5.74) is 5.18. The number of rotatable bonds is 5. The molecule has 1 saturated heterocycles. The Labute approximate surface area is 139 Å². The number of aromatic nitrogens is 1. The van der Waals surface area contributed by atoms with Crippen molar-refractivity contribution in [2.45, 2.75) is 33.2 Å². The Hall–Kier alpha value is -1.87. The SMILES string of the molecule is COc1cc(C)c(CN2CCC(Cc3ccccn3)C2)cc1C. The van der Waals surface area contributed by atoms with Crippen LogP contribution in [0.15, 0.2) is 36.5 Å². The summed E-state index contributed by atoms with van der Waals surface area (Å²) in [4.78, 5) is 7.03. The molecule has 3 rings (SSSR count). The molecule has 2 aromatic rings. The van der Waals surface area contributed by atoms with Gasteiger partial charge in [0.25, 0.3) is 0 Å². The molecule has 0 spiro atoms. The van der Waals surface area contributed by atoms with Crippen molar-refractivity contribution < 1.29 is 4.74 Å². The van der Waals surface area contributed by atoms with Crippen molar-refractivity contribution in [1.82, 2.24) is 9.88 Å². The average Bonchev–Trinajstić information content (AvgIpc) is 2.98. The Balaban J connectivity index is 1.61. The van der Waals surface area contributed by atoms with Gasteiger partial charge in [-0.05, 0) is 74.0 Å². The molecule has 0 saturated carbocycles. The van der Waals surface area contributed by atoms with E-state index in [0.29, 0.717) is 0 Å². The van der Waals surface area contributed by atoms with Gasteiger partial charge in [-0.3, -0.25) is 9.88 Å². The van der Waals surface area contributed by atoms with E-state index in [2.05, 4.69) is 48.0 Å². The van der Waals surface area contributed by atoms with E-state index in [-0.39, 0.29) is 0 Å². The maximum Gasteiger partial charge on any atom is 0.122 e. The second-order valence-corrected chi connectivity index (χ2v) is 6.66. The lowest BCUT2D eigenvalue weighted by Gasteiger charge is -2.19. The van der Waals surface area contributed by atoms with Crippen LogP contribution in [-0.2, 0) is 13.0 Å². The number of methoxy groups -OCH3 is 1. The Kier molecular flexibility index (Phi) is 4.97. The molecular weight excluding hydrogens is 284 g/mol. The zero-order valence-corrected chi connectivity index (χ0v) is 14.4. The lowest BCUT2D eigenvalue weighted by atomic mass is 10.0. The van der Waals surface area contributed by atoms with Gasteiger partial charge in [0.15, 0.2) is 0 Å². The van der Waals surface area contributed by atoms with Crippen molar-refractivity contribution in [2.75, 3.05) is 20.2 Å². The molecule has 2 heterocycles. The van der Waals surface area contributed by atoms with Gasteiger partial charge in [0.05, 0.1) is 7.11 Å². The summed E-state index contributed by atoms with van der Waals surface area (Å²) >= 11 is 0. The molecule has 0 radical (unpaired) electrons. The van der Waals surface area contributed by atoms with Crippen LogP contribution >= 0.6 is 0 Å². The topological polar surface area (TPSA) is 25.4 Å². The normalized spacial score (nSPS) is 18.3. The van der Waals surface area contributed by atoms with Gasteiger partial charge in [-0.2, -0.15) is 0 Å². The predicted molar refractivity (Wildman–Crippen MR) is 93.8 cm³/mol. The van der Waals surface area contributed by atoms with Crippen molar-refractivity contribution >= 4 is 0 Å². The van der Waals surface area contributed by atoms with Gasteiger partial charge in [-0.25, -0.2) is 0 Å². The zero-order chi connectivity index (χ0) is 16.2. The highest BCUT2D eigenvalue weighted by atomic mass is 16.5. The van der Waals surface area contributed by atoms with Gasteiger partial charge >= 0.3 is 0 Å². The molecule has 1 aliphatic rings. The number of nitrogens with zero attached hydrogens (tertiary/aromatic N) is 2. The number of benzene rings is 1. The standard InChI is InChI=1S/C20H26N2O/c1-15-11-20(23-3)16(2)10-18(15)14-22-9-7-17(13-22)12-19-6-4-5-8-21-19/h4-6,8,10-11,17H,7,9,12-14H2,1-3H3. The third kappa shape index (κ3) is 3.91. The molecule has 1 aromatic carbocycles. The summed E-state index contributed by atoms with van der Waals surface area (Å²) in [5, 5.41) is 0. The molecule has 23 heavy (non-hydrogen) atoms. The number of hydrogen-bond donors (Lipinski definition) is 0. The molecule has 0 amide bonds. The summed E-state index contributed by atoms with van der Waals surface area (Å²) in [7, 11) is 1.74. The summed E-state index contributed by atoms with van der Waals surface area (Å²) in [6.07, 6.45) is 4.26. The van der Waals surface area contributed by atoms with Crippen LogP contribution in [0.1, 0.15) is 28.8 Å². The van der Waals surface area contributed by atoms with E-state index in [4.69, 9.17) is 4.74 Å². The molecule has 122 valence electrons. The first kappa shape index (κ1) is 16.0. The van der Waals surface area contributed by atoms with E-state index in [1.165, 1.54) is 41.9 Å². The molecular formula is C20H26N2O. The number of ether oxygens (including phenoxy) is 1. The molecule has 1 fully saturated rings. The Morgan fingerprint density at radius 2 is 2.09 bits per heavy atom. The van der Waals surface area contributed by atoms with Crippen LogP contribution in [-0.4, -0.2) is 30.1 Å². The smallest absolute Gasteiger partial charge is 0.122 e. The minimum absolute atomic E-state index is 0.726. The second-order valence-electron chi connectivity index (χ2n) is 6.66. The quantitative estimate of drug-likeness (QED) is 0.840. The summed E-state index contributed by atoms with van der Waals surface area (Å²) in [6.45, 7) is 7.69. The van der Waals surface area contributed by atoms with E-state index in [9.17, 15) is 0 Å². The molecule has 1 atom stereocenters. The molecule has 0 bridgehead atoms. The fraction of sp³-hybridized carbons (Fsp3) is 0.450. The van der Waals surface area contributed by atoms with Gasteiger partial charge in [0.1, 0.15) is 5.75 Å². The van der Waals surface area contributed by atoms with Crippen molar-refractivity contribution in [3.05, 3.63) is 58.9 Å². The van der Waals surface area contributed by atoms with Crippen molar-refractivity contribution in [3.63, 3.8) is 0 Å². The fourth-order valence-electron chi connectivity index (χ4n) is 3.52. The highest BCUT2D eigenvalue weighted by Gasteiger charge is 2.23. The number of hydrogen-bond acceptors (Lipinski definition) is 3. The van der Waals surface area contributed by atoms with Crippen LogP contribution in [0.4, 0.5) is 0 Å². The first-order valence-corrected chi connectivity index (χ1v) is 8.42. The number of aryl methyl sites for hydroxylation is 2. The number of pyridine rings is 1. The highest BCUT2D eigenvalue weighted by molar-refractivity contribution is 5.41. The van der Waals surface area contributed by atoms with Crippen molar-refractivity contribution in [2.24, 2.45) is 5.92 Å². The lowest BCUT2D eigenvalue weighted by molar-refractivity contribution is 0.315. The van der Waals surface area contributed by atoms with E-state index in [1.807, 2.05) is 12.3 Å². The predicted octanol–water partition coefficient (Wildman–Crippen LogP) is 3.77. The highest BCUT2D eigenvalue weighted by Crippen LogP contribution is 2.26. The third-order valence-electron chi connectivity index (χ3n) is 4.84. The van der Waals surface area contributed by atoms with Gasteiger partial charge in [0, 0.05) is 25.0 Å². The van der Waals surface area contributed by atoms with Crippen LogP contribution in [0.5, 0.6) is 5.75 Å². The maximum absolute atomic E-state index is 5.41. The largest absolute Gasteiger partial charge is 0.496 e. The first-order valence-electron chi connectivity index (χ1n) is 8.42. The van der Waals surface area contributed by atoms with Crippen LogP contribution in [0, 0.1) is 19.8 Å². The first-order chi connectivity index (χ1) is 11.2. The Bertz CT molecular complexity index is 654. The van der Waals surface area contributed by atoms with E-state index in [1.54, 1.807) is 7.11 Å². The minimum Gasteiger partial charge on any atom is -0.496 e. The third-order valence-corrected chi connectivity index (χ3v) is 4.84. The van der Waals surface area contributed by atoms with E-state index >= 15 is 0 Å². The Morgan fingerprint density at radius 3 is 2.83 bits per heavy atom. The van der Waals surface area contributed by atoms with Crippen molar-refractivity contribution in [3.8, 4) is 5.75 Å². The van der Waals surface area contributed by atoms with E-state index < -0.39 is 0 Å². The van der Waals surface area contributed by atoms with Crippen LogP contribution in [0.25, 0.3) is 0 Å². The average molecular weight is 310 g/mol. The van der Waals surface area contributed by atoms with Crippen LogP contribution < -0.4 is 4.74 Å². The molecule has 1 aliphatic heterocycles. The number of likely N-dealkylation sites (tertiary alicyclic amines) is 1. The fourth-order valence-corrected chi connectivity index (χ4v) is 3.52. The Morgan fingerprint density at radius 1 is 1.22 bits per heavy atom. The summed E-state index contributed by atoms with van der Waals surface area (Å²) < 4.78 is 5.41. The van der Waals surface area contributed by atoms with E-state index in [0.717, 1.165) is 24.6 Å². The minimum atomic E-state index is 0.726. The van der Waals surface area contributed by atoms with Crippen molar-refractivity contribution in [1.29, 1.82) is 0 Å². The zero-order valence-electron chi connectivity index (χ0n) is 14.4. The molecule has 1 aromatic heterocycles. The molecule has 0 N–H and O–H groups in total. The van der Waals surface area contributed by atoms with Gasteiger partial charge in [-0.15, -0.1) is 0 Å². The monoisotopic (exact) mass is 310 g/mol. The van der Waals surface area contributed by atoms with Crippen LogP contribution in [0.2, 0.25) is 0 Å². The molecule has 3 heteroatoms. The maximum atomic E-state index is 5.41. The molecule has 3 nitrogen and oxygen atoms in total. The molecule has 1 unspecified atom stereocenters. The van der Waals surface area contributed by atoms with Gasteiger partial charge in [-0.1, -0.05) is 12.1 Å². The second kappa shape index (κ2) is 7.14. The van der Waals surface area contributed by atoms with Gasteiger partial charge in [0.2, 0.25) is 0 Å². The molecule has 0 aliphatic carbocycles. The lowest BCUT2D eigenvalue weighted by Crippen LogP contribution is -2.21.